The minimum Gasteiger partial charge on any atom is -0.497 e. The minimum atomic E-state index is 0.146. The summed E-state index contributed by atoms with van der Waals surface area (Å²) < 4.78 is 5.37. The Hall–Kier alpha value is -1.06. The predicted molar refractivity (Wildman–Crippen MR) is 79.9 cm³/mol. The molecule has 1 heterocycles. The van der Waals surface area contributed by atoms with Crippen LogP contribution in [0.4, 0.5) is 0 Å². The summed E-state index contributed by atoms with van der Waals surface area (Å²) in [5.74, 6) is 1.88. The van der Waals surface area contributed by atoms with Crippen molar-refractivity contribution in [2.75, 3.05) is 13.7 Å². The van der Waals surface area contributed by atoms with E-state index in [1.807, 2.05) is 0 Å². The number of fused-ring (bicyclic) bond motifs is 3. The predicted octanol–water partition coefficient (Wildman–Crippen LogP) is 2.49. The molecule has 0 radical (unpaired) electrons. The van der Waals surface area contributed by atoms with E-state index in [9.17, 15) is 0 Å². The first kappa shape index (κ1) is 12.7. The van der Waals surface area contributed by atoms with Gasteiger partial charge in [-0.3, -0.25) is 4.90 Å². The lowest BCUT2D eigenvalue weighted by molar-refractivity contribution is 0.116. The molecule has 1 aromatic rings. The number of hydrogen-bond acceptors (Lipinski definition) is 3. The first-order chi connectivity index (χ1) is 9.76. The van der Waals surface area contributed by atoms with Gasteiger partial charge in [-0.15, -0.1) is 0 Å². The molecule has 4 rings (SSSR count). The molecule has 0 aromatic heterocycles. The molecule has 2 fully saturated rings. The van der Waals surface area contributed by atoms with E-state index < -0.39 is 0 Å². The Labute approximate surface area is 121 Å². The molecule has 108 valence electrons. The SMILES string of the molecule is COc1ccc2c(c1)C(N)C(N1CC3CCC1C3)CC2. The lowest BCUT2D eigenvalue weighted by atomic mass is 9.83. The van der Waals surface area contributed by atoms with E-state index in [4.69, 9.17) is 10.5 Å². The van der Waals surface area contributed by atoms with Gasteiger partial charge in [0.1, 0.15) is 5.75 Å². The van der Waals surface area contributed by atoms with Gasteiger partial charge in [0.05, 0.1) is 7.11 Å². The summed E-state index contributed by atoms with van der Waals surface area (Å²) in [4.78, 5) is 2.72. The summed E-state index contributed by atoms with van der Waals surface area (Å²) >= 11 is 0. The van der Waals surface area contributed by atoms with Crippen molar-refractivity contribution < 1.29 is 4.74 Å². The second-order valence-electron chi connectivity index (χ2n) is 6.73. The molecule has 4 atom stereocenters. The standard InChI is InChI=1S/C17H24N2O/c1-20-14-6-3-12-4-7-16(17(18)15(12)9-14)19-10-11-2-5-13(19)8-11/h3,6,9,11,13,16-17H,2,4-5,7-8,10,18H2,1H3. The van der Waals surface area contributed by atoms with Crippen molar-refractivity contribution in [3.05, 3.63) is 29.3 Å². The van der Waals surface area contributed by atoms with Crippen LogP contribution in [0.15, 0.2) is 18.2 Å². The maximum Gasteiger partial charge on any atom is 0.119 e. The van der Waals surface area contributed by atoms with Crippen LogP contribution in [0.25, 0.3) is 0 Å². The van der Waals surface area contributed by atoms with Crippen LogP contribution >= 0.6 is 0 Å². The quantitative estimate of drug-likeness (QED) is 0.899. The third kappa shape index (κ3) is 1.87. The van der Waals surface area contributed by atoms with E-state index in [0.29, 0.717) is 6.04 Å². The van der Waals surface area contributed by atoms with Crippen LogP contribution in [0.5, 0.6) is 5.75 Å². The minimum absolute atomic E-state index is 0.146. The van der Waals surface area contributed by atoms with E-state index in [0.717, 1.165) is 24.1 Å². The molecule has 3 aliphatic rings. The molecule has 1 saturated carbocycles. The lowest BCUT2D eigenvalue weighted by Gasteiger charge is -2.41. The number of nitrogens with two attached hydrogens (primary N) is 1. The van der Waals surface area contributed by atoms with Gasteiger partial charge >= 0.3 is 0 Å². The van der Waals surface area contributed by atoms with Crippen molar-refractivity contribution in [1.82, 2.24) is 4.90 Å². The normalized spacial score (nSPS) is 36.1. The summed E-state index contributed by atoms with van der Waals surface area (Å²) in [7, 11) is 1.73. The average molecular weight is 272 g/mol. The zero-order valence-electron chi connectivity index (χ0n) is 12.2. The first-order valence-electron chi connectivity index (χ1n) is 7.94. The van der Waals surface area contributed by atoms with Crippen molar-refractivity contribution in [3.63, 3.8) is 0 Å². The van der Waals surface area contributed by atoms with Crippen LogP contribution in [-0.2, 0) is 6.42 Å². The monoisotopic (exact) mass is 272 g/mol. The third-order valence-corrected chi connectivity index (χ3v) is 5.71. The van der Waals surface area contributed by atoms with Crippen molar-refractivity contribution in [2.45, 2.75) is 50.2 Å². The van der Waals surface area contributed by atoms with Gasteiger partial charge in [-0.2, -0.15) is 0 Å². The van der Waals surface area contributed by atoms with Crippen LogP contribution in [0.3, 0.4) is 0 Å². The molecule has 2 bridgehead atoms. The molecule has 0 spiro atoms. The van der Waals surface area contributed by atoms with Crippen LogP contribution in [-0.4, -0.2) is 30.6 Å². The van der Waals surface area contributed by atoms with Gasteiger partial charge < -0.3 is 10.5 Å². The fourth-order valence-electron chi connectivity index (χ4n) is 4.67. The molecule has 1 aliphatic heterocycles. The molecule has 2 N–H and O–H groups in total. The van der Waals surface area contributed by atoms with Crippen LogP contribution in [0.2, 0.25) is 0 Å². The second kappa shape index (κ2) is 4.74. The van der Waals surface area contributed by atoms with Crippen molar-refractivity contribution >= 4 is 0 Å². The van der Waals surface area contributed by atoms with E-state index in [2.05, 4.69) is 23.1 Å². The Kier molecular flexibility index (Phi) is 3.00. The largest absolute Gasteiger partial charge is 0.497 e. The third-order valence-electron chi connectivity index (χ3n) is 5.71. The average Bonchev–Trinajstić information content (AvgIpc) is 3.10. The lowest BCUT2D eigenvalue weighted by Crippen LogP contribution is -2.48. The van der Waals surface area contributed by atoms with Crippen LogP contribution in [0.1, 0.15) is 42.9 Å². The highest BCUT2D eigenvalue weighted by atomic mass is 16.5. The zero-order chi connectivity index (χ0) is 13.7. The van der Waals surface area contributed by atoms with Gasteiger partial charge in [0, 0.05) is 24.7 Å². The fourth-order valence-corrected chi connectivity index (χ4v) is 4.67. The highest BCUT2D eigenvalue weighted by Gasteiger charge is 2.43. The Balaban J connectivity index is 1.61. The van der Waals surface area contributed by atoms with Gasteiger partial charge in [0.15, 0.2) is 0 Å². The summed E-state index contributed by atoms with van der Waals surface area (Å²) in [5, 5.41) is 0. The van der Waals surface area contributed by atoms with Crippen molar-refractivity contribution in [2.24, 2.45) is 11.7 Å². The summed E-state index contributed by atoms with van der Waals surface area (Å²) in [6.07, 6.45) is 6.61. The molecule has 1 aromatic carbocycles. The van der Waals surface area contributed by atoms with Crippen LogP contribution in [0, 0.1) is 5.92 Å². The van der Waals surface area contributed by atoms with Gasteiger partial charge in [-0.1, -0.05) is 6.07 Å². The number of piperidine rings is 1. The van der Waals surface area contributed by atoms with Crippen LogP contribution < -0.4 is 10.5 Å². The number of hydrogen-bond donors (Lipinski definition) is 1. The molecule has 0 amide bonds. The number of benzene rings is 1. The number of likely N-dealkylation sites (tertiary alicyclic amines) is 1. The molecule has 3 nitrogen and oxygen atoms in total. The molecule has 2 aliphatic carbocycles. The fraction of sp³-hybridized carbons (Fsp3) is 0.647. The number of methoxy groups -OCH3 is 1. The highest BCUT2D eigenvalue weighted by molar-refractivity contribution is 5.40. The number of ether oxygens (including phenoxy) is 1. The first-order valence-corrected chi connectivity index (χ1v) is 7.94. The zero-order valence-corrected chi connectivity index (χ0v) is 12.2. The molecular weight excluding hydrogens is 248 g/mol. The summed E-state index contributed by atoms with van der Waals surface area (Å²) in [5.41, 5.74) is 9.35. The molecule has 1 saturated heterocycles. The molecule has 20 heavy (non-hydrogen) atoms. The van der Waals surface area contributed by atoms with Gasteiger partial charge in [0.25, 0.3) is 0 Å². The Bertz CT molecular complexity index is 516. The number of rotatable bonds is 2. The molecular formula is C17H24N2O. The Morgan fingerprint density at radius 1 is 1.25 bits per heavy atom. The molecule has 4 unspecified atom stereocenters. The van der Waals surface area contributed by atoms with E-state index >= 15 is 0 Å². The second-order valence-corrected chi connectivity index (χ2v) is 6.73. The van der Waals surface area contributed by atoms with E-state index in [1.165, 1.54) is 43.4 Å². The Morgan fingerprint density at radius 3 is 2.85 bits per heavy atom. The smallest absolute Gasteiger partial charge is 0.119 e. The summed E-state index contributed by atoms with van der Waals surface area (Å²) in [6, 6.07) is 7.89. The maximum absolute atomic E-state index is 6.63. The van der Waals surface area contributed by atoms with Gasteiger partial charge in [-0.05, 0) is 61.3 Å². The van der Waals surface area contributed by atoms with E-state index in [-0.39, 0.29) is 6.04 Å². The number of aryl methyl sites for hydroxylation is 1. The topological polar surface area (TPSA) is 38.5 Å². The number of nitrogens with zero attached hydrogens (tertiary/aromatic N) is 1. The van der Waals surface area contributed by atoms with Crippen molar-refractivity contribution in [1.29, 1.82) is 0 Å². The van der Waals surface area contributed by atoms with Gasteiger partial charge in [0.2, 0.25) is 0 Å². The highest BCUT2D eigenvalue weighted by Crippen LogP contribution is 2.43. The van der Waals surface area contributed by atoms with Crippen molar-refractivity contribution in [3.8, 4) is 5.75 Å². The Morgan fingerprint density at radius 2 is 2.15 bits per heavy atom. The van der Waals surface area contributed by atoms with Gasteiger partial charge in [-0.25, -0.2) is 0 Å². The van der Waals surface area contributed by atoms with E-state index in [1.54, 1.807) is 7.11 Å². The molecule has 3 heteroatoms. The maximum atomic E-state index is 6.63. The summed E-state index contributed by atoms with van der Waals surface area (Å²) in [6.45, 7) is 1.28.